The summed E-state index contributed by atoms with van der Waals surface area (Å²) in [5, 5.41) is 2.13. The molecule has 4 nitrogen and oxygen atoms in total. The van der Waals surface area contributed by atoms with Crippen molar-refractivity contribution in [3.05, 3.63) is 92.7 Å². The van der Waals surface area contributed by atoms with Gasteiger partial charge in [0.05, 0.1) is 6.04 Å². The van der Waals surface area contributed by atoms with E-state index in [9.17, 15) is 9.59 Å². The summed E-state index contributed by atoms with van der Waals surface area (Å²) in [6, 6.07) is 18.4. The molecular weight excluding hydrogens is 488 g/mol. The van der Waals surface area contributed by atoms with Crippen LogP contribution in [0.5, 0.6) is 0 Å². The van der Waals surface area contributed by atoms with Gasteiger partial charge in [0.1, 0.15) is 6.54 Å². The second-order valence-corrected chi connectivity index (χ2v) is 13.8. The number of amides is 2. The number of rotatable bonds is 5. The summed E-state index contributed by atoms with van der Waals surface area (Å²) in [6.07, 6.45) is 0.846. The predicted molar refractivity (Wildman–Crippen MR) is 158 cm³/mol. The summed E-state index contributed by atoms with van der Waals surface area (Å²) in [6.45, 7) is 17.8. The summed E-state index contributed by atoms with van der Waals surface area (Å²) >= 11 is 1.77. The van der Waals surface area contributed by atoms with Crippen LogP contribution in [-0.2, 0) is 22.0 Å². The second-order valence-electron chi connectivity index (χ2n) is 12.8. The second kappa shape index (κ2) is 10.7. The lowest BCUT2D eigenvalue weighted by molar-refractivity contribution is -0.134. The fraction of sp³-hybridized carbons (Fsp3) is 0.455. The van der Waals surface area contributed by atoms with Crippen molar-refractivity contribution in [1.29, 1.82) is 0 Å². The SMILES string of the molecule is CC(C)N(CC(=O)N1CCc2sccc2C1c1ccc(C(C)(C)C)cc1)C(=O)c1ccc(C(C)(C)C)cc1. The Balaban J connectivity index is 1.60. The largest absolute Gasteiger partial charge is 0.330 e. The molecule has 2 aromatic carbocycles. The normalized spacial score (nSPS) is 15.9. The molecule has 1 unspecified atom stereocenters. The fourth-order valence-electron chi connectivity index (χ4n) is 5.11. The van der Waals surface area contributed by atoms with Crippen LogP contribution in [0.2, 0.25) is 0 Å². The molecule has 1 aliphatic heterocycles. The molecule has 3 aromatic rings. The number of nitrogens with zero attached hydrogens (tertiary/aromatic N) is 2. The zero-order valence-electron chi connectivity index (χ0n) is 24.2. The summed E-state index contributed by atoms with van der Waals surface area (Å²) < 4.78 is 0. The van der Waals surface area contributed by atoms with Gasteiger partial charge in [-0.15, -0.1) is 11.3 Å². The Kier molecular flexibility index (Phi) is 7.90. The summed E-state index contributed by atoms with van der Waals surface area (Å²) in [5.41, 5.74) is 5.48. The molecule has 0 radical (unpaired) electrons. The Hall–Kier alpha value is -2.92. The minimum atomic E-state index is -0.137. The maximum Gasteiger partial charge on any atom is 0.254 e. The highest BCUT2D eigenvalue weighted by atomic mass is 32.1. The summed E-state index contributed by atoms with van der Waals surface area (Å²) in [4.78, 5) is 32.5. The standard InChI is InChI=1S/C33H42N2O2S/c1-22(2)35(31(37)24-11-15-26(16-12-24)33(6,7)8)21-29(36)34-19-17-28-27(18-20-38-28)30(34)23-9-13-25(14-10-23)32(3,4)5/h9-16,18,20,22,30H,17,19,21H2,1-8H3. The maximum absolute atomic E-state index is 13.9. The van der Waals surface area contributed by atoms with Crippen LogP contribution >= 0.6 is 11.3 Å². The van der Waals surface area contributed by atoms with Crippen LogP contribution in [0.3, 0.4) is 0 Å². The minimum Gasteiger partial charge on any atom is -0.330 e. The van der Waals surface area contributed by atoms with E-state index >= 15 is 0 Å². The van der Waals surface area contributed by atoms with Gasteiger partial charge in [-0.25, -0.2) is 0 Å². The van der Waals surface area contributed by atoms with Crippen LogP contribution in [0.25, 0.3) is 0 Å². The molecule has 0 spiro atoms. The number of thiophene rings is 1. The van der Waals surface area contributed by atoms with Gasteiger partial charge >= 0.3 is 0 Å². The smallest absolute Gasteiger partial charge is 0.254 e. The lowest BCUT2D eigenvalue weighted by Gasteiger charge is -2.38. The number of carbonyl (C=O) groups excluding carboxylic acids is 2. The van der Waals surface area contributed by atoms with E-state index in [-0.39, 0.29) is 41.3 Å². The topological polar surface area (TPSA) is 40.6 Å². The Morgan fingerprint density at radius 2 is 1.45 bits per heavy atom. The van der Waals surface area contributed by atoms with Crippen molar-refractivity contribution in [2.24, 2.45) is 0 Å². The zero-order valence-corrected chi connectivity index (χ0v) is 25.0. The van der Waals surface area contributed by atoms with Gasteiger partial charge < -0.3 is 9.80 Å². The highest BCUT2D eigenvalue weighted by molar-refractivity contribution is 7.10. The van der Waals surface area contributed by atoms with Crippen LogP contribution in [-0.4, -0.2) is 40.7 Å². The van der Waals surface area contributed by atoms with E-state index in [1.807, 2.05) is 43.0 Å². The van der Waals surface area contributed by atoms with Crippen LogP contribution < -0.4 is 0 Å². The van der Waals surface area contributed by atoms with E-state index in [0.717, 1.165) is 12.0 Å². The molecule has 202 valence electrons. The number of fused-ring (bicyclic) bond motifs is 1. The Labute approximate surface area is 232 Å². The number of hydrogen-bond donors (Lipinski definition) is 0. The molecule has 0 aliphatic carbocycles. The molecular formula is C33H42N2O2S. The van der Waals surface area contributed by atoms with E-state index in [0.29, 0.717) is 12.1 Å². The first-order valence-electron chi connectivity index (χ1n) is 13.6. The molecule has 2 heterocycles. The fourth-order valence-corrected chi connectivity index (χ4v) is 6.02. The molecule has 0 N–H and O–H groups in total. The molecule has 0 bridgehead atoms. The molecule has 0 saturated heterocycles. The highest BCUT2D eigenvalue weighted by Crippen LogP contribution is 2.38. The minimum absolute atomic E-state index is 0.0138. The summed E-state index contributed by atoms with van der Waals surface area (Å²) in [5.74, 6) is -0.117. The quantitative estimate of drug-likeness (QED) is 0.346. The maximum atomic E-state index is 13.9. The van der Waals surface area contributed by atoms with E-state index in [2.05, 4.69) is 77.3 Å². The molecule has 4 rings (SSSR count). The predicted octanol–water partition coefficient (Wildman–Crippen LogP) is 7.37. The zero-order chi connectivity index (χ0) is 27.8. The third kappa shape index (κ3) is 5.88. The van der Waals surface area contributed by atoms with E-state index in [4.69, 9.17) is 0 Å². The highest BCUT2D eigenvalue weighted by Gasteiger charge is 2.35. The van der Waals surface area contributed by atoms with Crippen molar-refractivity contribution in [3.63, 3.8) is 0 Å². The van der Waals surface area contributed by atoms with Gasteiger partial charge in [-0.3, -0.25) is 9.59 Å². The van der Waals surface area contributed by atoms with Crippen molar-refractivity contribution in [2.75, 3.05) is 13.1 Å². The molecule has 1 aromatic heterocycles. The third-order valence-electron chi connectivity index (χ3n) is 7.57. The molecule has 5 heteroatoms. The van der Waals surface area contributed by atoms with Crippen molar-refractivity contribution >= 4 is 23.2 Å². The number of carbonyl (C=O) groups is 2. The van der Waals surface area contributed by atoms with Gasteiger partial charge in [0.25, 0.3) is 5.91 Å². The number of hydrogen-bond acceptors (Lipinski definition) is 3. The van der Waals surface area contributed by atoms with Crippen molar-refractivity contribution in [3.8, 4) is 0 Å². The van der Waals surface area contributed by atoms with Crippen LogP contribution in [0.4, 0.5) is 0 Å². The van der Waals surface area contributed by atoms with Gasteiger partial charge in [-0.2, -0.15) is 0 Å². The van der Waals surface area contributed by atoms with Crippen molar-refractivity contribution < 1.29 is 9.59 Å². The first kappa shape index (κ1) is 28.1. The third-order valence-corrected chi connectivity index (χ3v) is 8.56. The molecule has 1 aliphatic rings. The van der Waals surface area contributed by atoms with Gasteiger partial charge in [0.15, 0.2) is 0 Å². The Morgan fingerprint density at radius 3 is 1.97 bits per heavy atom. The van der Waals surface area contributed by atoms with Crippen LogP contribution in [0.15, 0.2) is 60.0 Å². The average molecular weight is 531 g/mol. The first-order chi connectivity index (χ1) is 17.8. The Morgan fingerprint density at radius 1 is 0.895 bits per heavy atom. The van der Waals surface area contributed by atoms with Crippen molar-refractivity contribution in [1.82, 2.24) is 9.80 Å². The molecule has 0 fully saturated rings. The summed E-state index contributed by atoms with van der Waals surface area (Å²) in [7, 11) is 0. The van der Waals surface area contributed by atoms with E-state index in [1.165, 1.54) is 21.6 Å². The number of benzene rings is 2. The molecule has 38 heavy (non-hydrogen) atoms. The van der Waals surface area contributed by atoms with Crippen molar-refractivity contribution in [2.45, 2.75) is 84.7 Å². The van der Waals surface area contributed by atoms with Crippen LogP contribution in [0, 0.1) is 0 Å². The van der Waals surface area contributed by atoms with Gasteiger partial charge in [-0.05, 0) is 76.9 Å². The van der Waals surface area contributed by atoms with Gasteiger partial charge in [0, 0.05) is 23.0 Å². The van der Waals surface area contributed by atoms with Crippen LogP contribution in [0.1, 0.15) is 98.9 Å². The van der Waals surface area contributed by atoms with E-state index < -0.39 is 0 Å². The van der Waals surface area contributed by atoms with E-state index in [1.54, 1.807) is 16.2 Å². The Bertz CT molecular complexity index is 1270. The van der Waals surface area contributed by atoms with Gasteiger partial charge in [0.2, 0.25) is 5.91 Å². The lowest BCUT2D eigenvalue weighted by Crippen LogP contribution is -2.48. The molecule has 1 atom stereocenters. The monoisotopic (exact) mass is 530 g/mol. The molecule has 2 amide bonds. The first-order valence-corrected chi connectivity index (χ1v) is 14.5. The average Bonchev–Trinajstić information content (AvgIpc) is 3.34. The van der Waals surface area contributed by atoms with Gasteiger partial charge in [-0.1, -0.05) is 77.9 Å². The molecule has 0 saturated carbocycles. The lowest BCUT2D eigenvalue weighted by atomic mass is 9.85.